The van der Waals surface area contributed by atoms with E-state index in [0.29, 0.717) is 5.92 Å². The Hall–Kier alpha value is -2.13. The van der Waals surface area contributed by atoms with Crippen LogP contribution in [0.3, 0.4) is 0 Å². The number of nitrogens with zero attached hydrogens (tertiary/aromatic N) is 2. The number of imidazole rings is 1. The highest BCUT2D eigenvalue weighted by Crippen LogP contribution is 2.18. The molecule has 1 atom stereocenters. The number of aromatic nitrogens is 2. The van der Waals surface area contributed by atoms with Crippen molar-refractivity contribution in [1.82, 2.24) is 14.9 Å². The van der Waals surface area contributed by atoms with Crippen molar-refractivity contribution in [2.24, 2.45) is 5.92 Å². The number of hydrogen-bond acceptors (Lipinski definition) is 2. The lowest BCUT2D eigenvalue weighted by Gasteiger charge is -2.15. The van der Waals surface area contributed by atoms with Crippen molar-refractivity contribution >= 4 is 10.8 Å². The number of fused-ring (bicyclic) bond motifs is 1. The fourth-order valence-corrected chi connectivity index (χ4v) is 2.90. The standard InChI is InChI=1S/C19H23N3/c1-15(14-22-11-10-21-16(22)2)12-20-13-18-8-5-7-17-6-3-4-9-19(17)18/h3-11,15,20H,12-14H2,1-2H3. The van der Waals surface area contributed by atoms with Crippen LogP contribution in [-0.4, -0.2) is 16.1 Å². The lowest BCUT2D eigenvalue weighted by Crippen LogP contribution is -2.24. The summed E-state index contributed by atoms with van der Waals surface area (Å²) >= 11 is 0. The van der Waals surface area contributed by atoms with Crippen molar-refractivity contribution in [2.75, 3.05) is 6.54 Å². The van der Waals surface area contributed by atoms with E-state index in [-0.39, 0.29) is 0 Å². The second-order valence-corrected chi connectivity index (χ2v) is 6.00. The maximum absolute atomic E-state index is 4.27. The number of nitrogens with one attached hydrogen (secondary N) is 1. The maximum atomic E-state index is 4.27. The van der Waals surface area contributed by atoms with Gasteiger partial charge in [0.15, 0.2) is 0 Å². The molecule has 3 rings (SSSR count). The minimum absolute atomic E-state index is 0.572. The van der Waals surface area contributed by atoms with Crippen molar-refractivity contribution in [3.63, 3.8) is 0 Å². The Balaban J connectivity index is 1.57. The molecule has 0 bridgehead atoms. The Bertz CT molecular complexity index is 740. The summed E-state index contributed by atoms with van der Waals surface area (Å²) in [5.74, 6) is 1.66. The Labute approximate surface area is 132 Å². The molecule has 0 amide bonds. The van der Waals surface area contributed by atoms with Gasteiger partial charge in [-0.1, -0.05) is 49.4 Å². The molecule has 1 aromatic heterocycles. The van der Waals surface area contributed by atoms with Gasteiger partial charge in [-0.15, -0.1) is 0 Å². The molecule has 1 heterocycles. The van der Waals surface area contributed by atoms with E-state index in [2.05, 4.69) is 77.4 Å². The van der Waals surface area contributed by atoms with Crippen molar-refractivity contribution in [3.8, 4) is 0 Å². The summed E-state index contributed by atoms with van der Waals surface area (Å²) in [7, 11) is 0. The van der Waals surface area contributed by atoms with E-state index in [1.54, 1.807) is 0 Å². The minimum Gasteiger partial charge on any atom is -0.335 e. The zero-order chi connectivity index (χ0) is 15.4. The number of rotatable bonds is 6. The monoisotopic (exact) mass is 293 g/mol. The second-order valence-electron chi connectivity index (χ2n) is 6.00. The summed E-state index contributed by atoms with van der Waals surface area (Å²) in [6.45, 7) is 7.25. The van der Waals surface area contributed by atoms with Gasteiger partial charge in [-0.05, 0) is 35.7 Å². The number of hydrogen-bond donors (Lipinski definition) is 1. The van der Waals surface area contributed by atoms with Gasteiger partial charge in [-0.2, -0.15) is 0 Å². The van der Waals surface area contributed by atoms with Crippen LogP contribution in [0.4, 0.5) is 0 Å². The average Bonchev–Trinajstić information content (AvgIpc) is 2.93. The van der Waals surface area contributed by atoms with E-state index >= 15 is 0 Å². The first-order valence-corrected chi connectivity index (χ1v) is 7.89. The van der Waals surface area contributed by atoms with Crippen molar-refractivity contribution in [3.05, 3.63) is 66.2 Å². The van der Waals surface area contributed by atoms with Gasteiger partial charge in [0.05, 0.1) is 0 Å². The molecule has 0 saturated carbocycles. The topological polar surface area (TPSA) is 29.9 Å². The molecule has 0 fully saturated rings. The maximum Gasteiger partial charge on any atom is 0.105 e. The predicted octanol–water partition coefficient (Wildman–Crippen LogP) is 3.77. The molecule has 3 aromatic rings. The van der Waals surface area contributed by atoms with Crippen LogP contribution in [-0.2, 0) is 13.1 Å². The lowest BCUT2D eigenvalue weighted by molar-refractivity contribution is 0.440. The molecule has 1 unspecified atom stereocenters. The second kappa shape index (κ2) is 6.75. The first-order chi connectivity index (χ1) is 10.7. The average molecular weight is 293 g/mol. The van der Waals surface area contributed by atoms with E-state index in [9.17, 15) is 0 Å². The number of benzene rings is 2. The highest BCUT2D eigenvalue weighted by molar-refractivity contribution is 5.85. The van der Waals surface area contributed by atoms with Crippen LogP contribution < -0.4 is 5.32 Å². The fraction of sp³-hybridized carbons (Fsp3) is 0.316. The number of aryl methyl sites for hydroxylation is 1. The summed E-state index contributed by atoms with van der Waals surface area (Å²) in [4.78, 5) is 4.27. The van der Waals surface area contributed by atoms with Crippen molar-refractivity contribution < 1.29 is 0 Å². The molecule has 3 nitrogen and oxygen atoms in total. The van der Waals surface area contributed by atoms with Crippen molar-refractivity contribution in [2.45, 2.75) is 26.9 Å². The Kier molecular flexibility index (Phi) is 4.54. The smallest absolute Gasteiger partial charge is 0.105 e. The quantitative estimate of drug-likeness (QED) is 0.749. The summed E-state index contributed by atoms with van der Waals surface area (Å²) < 4.78 is 2.21. The molecule has 3 heteroatoms. The van der Waals surface area contributed by atoms with Crippen LogP contribution in [0.15, 0.2) is 54.9 Å². The first kappa shape index (κ1) is 14.8. The summed E-state index contributed by atoms with van der Waals surface area (Å²) in [6, 6.07) is 15.1. The zero-order valence-corrected chi connectivity index (χ0v) is 13.3. The van der Waals surface area contributed by atoms with E-state index < -0.39 is 0 Å². The molecule has 114 valence electrons. The largest absolute Gasteiger partial charge is 0.335 e. The van der Waals surface area contributed by atoms with Gasteiger partial charge in [0.25, 0.3) is 0 Å². The molecule has 0 aliphatic rings. The molecule has 0 aliphatic heterocycles. The van der Waals surface area contributed by atoms with Crippen molar-refractivity contribution in [1.29, 1.82) is 0 Å². The molecule has 22 heavy (non-hydrogen) atoms. The van der Waals surface area contributed by atoms with E-state index in [4.69, 9.17) is 0 Å². The minimum atomic E-state index is 0.572. The van der Waals surface area contributed by atoms with Gasteiger partial charge < -0.3 is 9.88 Å². The highest BCUT2D eigenvalue weighted by atomic mass is 15.1. The normalized spacial score (nSPS) is 12.6. The summed E-state index contributed by atoms with van der Waals surface area (Å²) in [5, 5.41) is 6.24. The Morgan fingerprint density at radius 3 is 2.77 bits per heavy atom. The third-order valence-corrected chi connectivity index (χ3v) is 4.12. The van der Waals surface area contributed by atoms with Crippen LogP contribution >= 0.6 is 0 Å². The van der Waals surface area contributed by atoms with Gasteiger partial charge in [0.2, 0.25) is 0 Å². The Morgan fingerprint density at radius 1 is 1.14 bits per heavy atom. The fourth-order valence-electron chi connectivity index (χ4n) is 2.90. The van der Waals surface area contributed by atoms with Crippen LogP contribution in [0, 0.1) is 12.8 Å². The molecule has 0 radical (unpaired) electrons. The molecular formula is C19H23N3. The molecule has 0 aliphatic carbocycles. The molecule has 1 N–H and O–H groups in total. The summed E-state index contributed by atoms with van der Waals surface area (Å²) in [5.41, 5.74) is 1.36. The zero-order valence-electron chi connectivity index (χ0n) is 13.3. The van der Waals surface area contributed by atoms with Gasteiger partial charge in [-0.25, -0.2) is 4.98 Å². The van der Waals surface area contributed by atoms with E-state index in [1.807, 2.05) is 6.20 Å². The van der Waals surface area contributed by atoms with Gasteiger partial charge in [-0.3, -0.25) is 0 Å². The van der Waals surface area contributed by atoms with Gasteiger partial charge >= 0.3 is 0 Å². The highest BCUT2D eigenvalue weighted by Gasteiger charge is 2.06. The third kappa shape index (κ3) is 3.37. The predicted molar refractivity (Wildman–Crippen MR) is 91.8 cm³/mol. The third-order valence-electron chi connectivity index (χ3n) is 4.12. The Morgan fingerprint density at radius 2 is 1.95 bits per heavy atom. The van der Waals surface area contributed by atoms with Crippen LogP contribution in [0.1, 0.15) is 18.3 Å². The lowest BCUT2D eigenvalue weighted by atomic mass is 10.0. The van der Waals surface area contributed by atoms with Crippen LogP contribution in [0.25, 0.3) is 10.8 Å². The SMILES string of the molecule is Cc1nccn1CC(C)CNCc1cccc2ccccc12. The van der Waals surface area contributed by atoms with Gasteiger partial charge in [0, 0.05) is 25.5 Å². The molecule has 0 spiro atoms. The molecular weight excluding hydrogens is 270 g/mol. The molecule has 0 saturated heterocycles. The first-order valence-electron chi connectivity index (χ1n) is 7.89. The van der Waals surface area contributed by atoms with E-state index in [0.717, 1.165) is 25.5 Å². The summed E-state index contributed by atoms with van der Waals surface area (Å²) in [6.07, 6.45) is 3.92. The van der Waals surface area contributed by atoms with E-state index in [1.165, 1.54) is 16.3 Å². The van der Waals surface area contributed by atoms with Crippen LogP contribution in [0.2, 0.25) is 0 Å². The van der Waals surface area contributed by atoms with Gasteiger partial charge in [0.1, 0.15) is 5.82 Å². The van der Waals surface area contributed by atoms with Crippen LogP contribution in [0.5, 0.6) is 0 Å². The molecule has 2 aromatic carbocycles.